The monoisotopic (exact) mass is 485 g/mol. The zero-order valence-electron chi connectivity index (χ0n) is 12.3. The Morgan fingerprint density at radius 3 is 2.24 bits per heavy atom. The van der Waals surface area contributed by atoms with Crippen molar-refractivity contribution in [2.24, 2.45) is 0 Å². The van der Waals surface area contributed by atoms with Gasteiger partial charge in [0.05, 0.1) is 0 Å². The zero-order valence-corrected chi connectivity index (χ0v) is 15.2. The van der Waals surface area contributed by atoms with Gasteiger partial charge in [-0.25, -0.2) is 0 Å². The molecule has 0 saturated carbocycles. The molecule has 0 N–H and O–H groups in total. The average molecular weight is 486 g/mol. The fourth-order valence-corrected chi connectivity index (χ4v) is 2.67. The standard InChI is InChI=1S/C15H9ClF4IN3O/c1-21-15(19,20)25-11-5-2-9(3-6-11)10-4-7-12-22-23-13(14(16,17)18)24(12)8-10/h2-8H,1H2. The van der Waals surface area contributed by atoms with Crippen LogP contribution < -0.4 is 4.74 Å². The molecule has 0 unspecified atom stereocenters. The van der Waals surface area contributed by atoms with Crippen LogP contribution in [0.5, 0.6) is 5.75 Å². The largest absolute Gasteiger partial charge is 0.445 e. The topological polar surface area (TPSA) is 39.4 Å². The van der Waals surface area contributed by atoms with Crippen LogP contribution in [0, 0.1) is 0 Å². The minimum absolute atomic E-state index is 0.00421. The normalized spacial score (nSPS) is 12.5. The van der Waals surface area contributed by atoms with E-state index in [0.29, 0.717) is 11.1 Å². The van der Waals surface area contributed by atoms with Crippen LogP contribution in [0.1, 0.15) is 5.82 Å². The molecule has 0 saturated heterocycles. The van der Waals surface area contributed by atoms with Crippen molar-refractivity contribution in [2.45, 2.75) is 9.50 Å². The van der Waals surface area contributed by atoms with Gasteiger partial charge in [-0.05, 0) is 47.0 Å². The molecule has 0 aliphatic heterocycles. The Labute approximate surface area is 154 Å². The molecule has 1 aromatic carbocycles. The Balaban J connectivity index is 1.95. The van der Waals surface area contributed by atoms with E-state index in [9.17, 15) is 17.6 Å². The average Bonchev–Trinajstić information content (AvgIpc) is 2.98. The molecule has 0 aliphatic carbocycles. The Bertz CT molecular complexity index is 925. The lowest BCUT2D eigenvalue weighted by atomic mass is 10.1. The van der Waals surface area contributed by atoms with E-state index in [1.54, 1.807) is 6.07 Å². The van der Waals surface area contributed by atoms with Crippen molar-refractivity contribution in [1.29, 1.82) is 0 Å². The summed E-state index contributed by atoms with van der Waals surface area (Å²) in [6.45, 7) is 0. The van der Waals surface area contributed by atoms with E-state index < -0.39 is 36.1 Å². The first-order chi connectivity index (χ1) is 11.7. The van der Waals surface area contributed by atoms with E-state index in [1.807, 2.05) is 0 Å². The maximum absolute atomic E-state index is 13.3. The van der Waals surface area contributed by atoms with Crippen LogP contribution in [-0.2, 0) is 5.38 Å². The third-order valence-electron chi connectivity index (χ3n) is 3.23. The van der Waals surface area contributed by atoms with Crippen molar-refractivity contribution in [3.05, 3.63) is 48.4 Å². The van der Waals surface area contributed by atoms with Crippen molar-refractivity contribution in [3.8, 4) is 16.9 Å². The van der Waals surface area contributed by atoms with E-state index in [0.717, 1.165) is 4.40 Å². The molecule has 2 aromatic heterocycles. The van der Waals surface area contributed by atoms with Gasteiger partial charge in [0.1, 0.15) is 5.75 Å². The summed E-state index contributed by atoms with van der Waals surface area (Å²) >= 11 is 3.37. The van der Waals surface area contributed by atoms with Gasteiger partial charge in [-0.2, -0.15) is 17.6 Å². The Morgan fingerprint density at radius 2 is 1.64 bits per heavy atom. The number of pyridine rings is 1. The predicted molar refractivity (Wildman–Crippen MR) is 94.9 cm³/mol. The van der Waals surface area contributed by atoms with Crippen LogP contribution >= 0.6 is 32.3 Å². The maximum atomic E-state index is 13.3. The minimum atomic E-state index is -3.67. The molecule has 3 rings (SSSR count). The molecule has 0 spiro atoms. The minimum Gasteiger partial charge on any atom is -0.425 e. The summed E-state index contributed by atoms with van der Waals surface area (Å²) in [4.78, 5) is 0. The molecule has 3 aromatic rings. The zero-order chi connectivity index (χ0) is 18.2. The molecule has 0 atom stereocenters. The number of nitrogens with zero attached hydrogens (tertiary/aromatic N) is 3. The summed E-state index contributed by atoms with van der Waals surface area (Å²) in [5.41, 5.74) is 1.37. The number of ether oxygens (including phenoxy) is 1. The van der Waals surface area contributed by atoms with Crippen molar-refractivity contribution in [2.75, 3.05) is 0 Å². The van der Waals surface area contributed by atoms with Gasteiger partial charge in [0.2, 0.25) is 5.82 Å². The molecule has 0 amide bonds. The fourth-order valence-electron chi connectivity index (χ4n) is 2.13. The molecular formula is C15H9ClF4IN3O. The number of halogens is 6. The number of rotatable bonds is 5. The quantitative estimate of drug-likeness (QED) is 0.290. The SMILES string of the molecule is C=IC(F)(F)Oc1ccc(-c2ccc3nnc(C(F)(F)Cl)n3c2)cc1. The summed E-state index contributed by atoms with van der Waals surface area (Å²) in [7, 11) is 0. The van der Waals surface area contributed by atoms with Crippen molar-refractivity contribution < 1.29 is 22.3 Å². The lowest BCUT2D eigenvalue weighted by Gasteiger charge is -2.13. The van der Waals surface area contributed by atoms with Gasteiger partial charge in [0.15, 0.2) is 5.65 Å². The van der Waals surface area contributed by atoms with Crippen molar-refractivity contribution >= 4 is 42.5 Å². The smallest absolute Gasteiger partial charge is 0.425 e. The molecule has 10 heteroatoms. The van der Waals surface area contributed by atoms with Gasteiger partial charge < -0.3 is 4.74 Å². The highest BCUT2D eigenvalue weighted by atomic mass is 127. The first-order valence-corrected chi connectivity index (χ1v) is 9.67. The Kier molecular flexibility index (Phi) is 4.71. The van der Waals surface area contributed by atoms with Crippen LogP contribution in [0.2, 0.25) is 0 Å². The third-order valence-corrected chi connectivity index (χ3v) is 4.51. The van der Waals surface area contributed by atoms with Gasteiger partial charge in [-0.1, -0.05) is 16.6 Å². The first kappa shape index (κ1) is 18.1. The highest BCUT2D eigenvalue weighted by Crippen LogP contribution is 2.33. The van der Waals surface area contributed by atoms with Crippen LogP contribution in [0.3, 0.4) is 0 Å². The second-order valence-electron chi connectivity index (χ2n) is 4.87. The second kappa shape index (κ2) is 6.52. The van der Waals surface area contributed by atoms with Crippen LogP contribution in [-0.4, -0.2) is 23.2 Å². The number of aromatic nitrogens is 3. The Hall–Kier alpha value is -1.75. The molecule has 4 nitrogen and oxygen atoms in total. The van der Waals surface area contributed by atoms with E-state index in [-0.39, 0.29) is 11.4 Å². The second-order valence-corrected chi connectivity index (χ2v) is 7.37. The van der Waals surface area contributed by atoms with Gasteiger partial charge in [0.25, 0.3) is 0 Å². The van der Waals surface area contributed by atoms with Crippen LogP contribution in [0.4, 0.5) is 17.6 Å². The lowest BCUT2D eigenvalue weighted by Crippen LogP contribution is -2.15. The van der Waals surface area contributed by atoms with Crippen LogP contribution in [0.15, 0.2) is 42.6 Å². The van der Waals surface area contributed by atoms with Crippen molar-refractivity contribution in [3.63, 3.8) is 0 Å². The molecule has 0 fully saturated rings. The number of alkyl halides is 6. The summed E-state index contributed by atoms with van der Waals surface area (Å²) in [5.74, 6) is -0.708. The number of hydrogen-bond donors (Lipinski definition) is 0. The summed E-state index contributed by atoms with van der Waals surface area (Å²) < 4.78 is 58.8. The van der Waals surface area contributed by atoms with Crippen LogP contribution in [0.25, 0.3) is 16.8 Å². The molecule has 2 heterocycles. The maximum Gasteiger partial charge on any atom is 0.445 e. The lowest BCUT2D eigenvalue weighted by molar-refractivity contribution is -0.0693. The highest BCUT2D eigenvalue weighted by molar-refractivity contribution is 14.2. The van der Waals surface area contributed by atoms with Crippen molar-refractivity contribution in [1.82, 2.24) is 14.6 Å². The van der Waals surface area contributed by atoms with Gasteiger partial charge in [0, 0.05) is 26.9 Å². The molecule has 0 radical (unpaired) electrons. The highest BCUT2D eigenvalue weighted by Gasteiger charge is 2.34. The van der Waals surface area contributed by atoms with E-state index in [4.69, 9.17) is 11.6 Å². The number of hydrogen-bond acceptors (Lipinski definition) is 3. The Morgan fingerprint density at radius 1 is 1.00 bits per heavy atom. The van der Waals surface area contributed by atoms with E-state index in [1.165, 1.54) is 36.5 Å². The molecule has 0 bridgehead atoms. The number of benzene rings is 1. The summed E-state index contributed by atoms with van der Waals surface area (Å²) in [6, 6.07) is 8.96. The molecule has 25 heavy (non-hydrogen) atoms. The number of fused-ring (bicyclic) bond motifs is 1. The summed E-state index contributed by atoms with van der Waals surface area (Å²) in [6.07, 6.45) is 1.40. The molecule has 132 valence electrons. The van der Waals surface area contributed by atoms with E-state index >= 15 is 0 Å². The molecular weight excluding hydrogens is 477 g/mol. The fraction of sp³-hybridized carbons (Fsp3) is 0.133. The summed E-state index contributed by atoms with van der Waals surface area (Å²) in [5, 5.41) is 3.35. The molecule has 0 aliphatic rings. The third kappa shape index (κ3) is 3.92. The van der Waals surface area contributed by atoms with Gasteiger partial charge >= 0.3 is 9.50 Å². The predicted octanol–water partition coefficient (Wildman–Crippen LogP) is 5.02. The first-order valence-electron chi connectivity index (χ1n) is 6.68. The van der Waals surface area contributed by atoms with Gasteiger partial charge in [-0.15, -0.1) is 10.2 Å². The van der Waals surface area contributed by atoms with E-state index in [2.05, 4.69) is 19.4 Å². The van der Waals surface area contributed by atoms with Gasteiger partial charge in [-0.3, -0.25) is 4.40 Å².